The van der Waals surface area contributed by atoms with Crippen molar-refractivity contribution in [3.8, 4) is 5.75 Å². The SMILES string of the molecule is COc1ccc(CN2C(=O)CCCC2/C=C(\C)CC/C=C(\C)CCC=C(C)C)cc1. The van der Waals surface area contributed by atoms with Gasteiger partial charge in [-0.15, -0.1) is 0 Å². The van der Waals surface area contributed by atoms with Crippen LogP contribution in [0.2, 0.25) is 0 Å². The number of allylic oxidation sites excluding steroid dienone is 5. The Balaban J connectivity index is 1.94. The number of methoxy groups -OCH3 is 1. The van der Waals surface area contributed by atoms with E-state index in [1.54, 1.807) is 7.11 Å². The Morgan fingerprint density at radius 2 is 1.70 bits per heavy atom. The van der Waals surface area contributed by atoms with Gasteiger partial charge in [0.2, 0.25) is 5.91 Å². The lowest BCUT2D eigenvalue weighted by molar-refractivity contribution is -0.135. The fourth-order valence-electron chi connectivity index (χ4n) is 3.90. The van der Waals surface area contributed by atoms with Crippen molar-refractivity contribution in [1.82, 2.24) is 4.90 Å². The first-order valence-electron chi connectivity index (χ1n) is 11.3. The Hall–Kier alpha value is -2.29. The molecule has 0 saturated carbocycles. The molecule has 2 rings (SSSR count). The van der Waals surface area contributed by atoms with Crippen molar-refractivity contribution in [3.05, 3.63) is 64.8 Å². The van der Waals surface area contributed by atoms with Crippen LogP contribution in [-0.2, 0) is 11.3 Å². The number of benzene rings is 1. The predicted octanol–water partition coefficient (Wildman–Crippen LogP) is 7.00. The molecule has 0 bridgehead atoms. The van der Waals surface area contributed by atoms with Gasteiger partial charge in [0.1, 0.15) is 5.75 Å². The van der Waals surface area contributed by atoms with E-state index in [-0.39, 0.29) is 11.9 Å². The third-order valence-corrected chi connectivity index (χ3v) is 5.72. The van der Waals surface area contributed by atoms with Crippen molar-refractivity contribution >= 4 is 5.91 Å². The summed E-state index contributed by atoms with van der Waals surface area (Å²) in [6.07, 6.45) is 14.1. The zero-order valence-electron chi connectivity index (χ0n) is 19.5. The third-order valence-electron chi connectivity index (χ3n) is 5.72. The average molecular weight is 410 g/mol. The van der Waals surface area contributed by atoms with Gasteiger partial charge in [0, 0.05) is 13.0 Å². The maximum Gasteiger partial charge on any atom is 0.223 e. The lowest BCUT2D eigenvalue weighted by atomic mass is 9.97. The van der Waals surface area contributed by atoms with Gasteiger partial charge in [0.15, 0.2) is 0 Å². The van der Waals surface area contributed by atoms with E-state index in [0.29, 0.717) is 13.0 Å². The number of rotatable bonds is 10. The fourth-order valence-corrected chi connectivity index (χ4v) is 3.90. The van der Waals surface area contributed by atoms with Crippen LogP contribution in [0.4, 0.5) is 0 Å². The van der Waals surface area contributed by atoms with E-state index in [2.05, 4.69) is 63.0 Å². The van der Waals surface area contributed by atoms with Crippen LogP contribution in [0.25, 0.3) is 0 Å². The van der Waals surface area contributed by atoms with Gasteiger partial charge in [-0.2, -0.15) is 0 Å². The molecule has 3 heteroatoms. The van der Waals surface area contributed by atoms with E-state index in [1.165, 1.54) is 16.7 Å². The Kier molecular flexibility index (Phi) is 9.93. The Labute approximate surface area is 183 Å². The molecular weight excluding hydrogens is 370 g/mol. The van der Waals surface area contributed by atoms with E-state index in [9.17, 15) is 4.79 Å². The zero-order chi connectivity index (χ0) is 21.9. The molecule has 30 heavy (non-hydrogen) atoms. The van der Waals surface area contributed by atoms with Gasteiger partial charge >= 0.3 is 0 Å². The fraction of sp³-hybridized carbons (Fsp3) is 0.519. The van der Waals surface area contributed by atoms with Crippen LogP contribution in [0.1, 0.15) is 78.2 Å². The second-order valence-corrected chi connectivity index (χ2v) is 8.75. The average Bonchev–Trinajstić information content (AvgIpc) is 2.71. The van der Waals surface area contributed by atoms with Crippen LogP contribution in [0.5, 0.6) is 5.75 Å². The Morgan fingerprint density at radius 3 is 2.37 bits per heavy atom. The standard InChI is InChI=1S/C27H39NO2/c1-21(2)9-6-10-22(3)11-7-12-23(4)19-25-13-8-14-27(29)28(25)20-24-15-17-26(30-5)18-16-24/h9,11,15-19,25H,6-8,10,12-14,20H2,1-5H3/b22-11+,23-19+. The summed E-state index contributed by atoms with van der Waals surface area (Å²) in [6, 6.07) is 8.24. The van der Waals surface area contributed by atoms with Gasteiger partial charge in [-0.3, -0.25) is 4.79 Å². The van der Waals surface area contributed by atoms with Gasteiger partial charge in [-0.1, -0.05) is 47.1 Å². The van der Waals surface area contributed by atoms with Crippen molar-refractivity contribution in [2.45, 2.75) is 85.2 Å². The molecule has 0 radical (unpaired) electrons. The largest absolute Gasteiger partial charge is 0.497 e. The summed E-state index contributed by atoms with van der Waals surface area (Å²) in [5.41, 5.74) is 5.39. The predicted molar refractivity (Wildman–Crippen MR) is 127 cm³/mol. The summed E-state index contributed by atoms with van der Waals surface area (Å²) in [5, 5.41) is 0. The normalized spacial score (nSPS) is 17.8. The molecule has 1 aliphatic rings. The van der Waals surface area contributed by atoms with Gasteiger partial charge in [0.25, 0.3) is 0 Å². The lowest BCUT2D eigenvalue weighted by Gasteiger charge is -2.34. The van der Waals surface area contributed by atoms with Crippen molar-refractivity contribution < 1.29 is 9.53 Å². The molecule has 1 aliphatic heterocycles. The van der Waals surface area contributed by atoms with E-state index < -0.39 is 0 Å². The summed E-state index contributed by atoms with van der Waals surface area (Å²) in [5.74, 6) is 1.11. The number of carbonyl (C=O) groups is 1. The van der Waals surface area contributed by atoms with E-state index >= 15 is 0 Å². The molecule has 164 valence electrons. The van der Waals surface area contributed by atoms with E-state index in [4.69, 9.17) is 4.74 Å². The monoisotopic (exact) mass is 409 g/mol. The quantitative estimate of drug-likeness (QED) is 0.390. The molecule has 1 fully saturated rings. The molecule has 1 unspecified atom stereocenters. The molecule has 0 aliphatic carbocycles. The first kappa shape index (κ1) is 24.0. The molecule has 1 saturated heterocycles. The van der Waals surface area contributed by atoms with Gasteiger partial charge in [-0.25, -0.2) is 0 Å². The van der Waals surface area contributed by atoms with Crippen LogP contribution >= 0.6 is 0 Å². The second kappa shape index (κ2) is 12.4. The molecule has 1 aromatic carbocycles. The van der Waals surface area contributed by atoms with Crippen molar-refractivity contribution in [2.75, 3.05) is 7.11 Å². The second-order valence-electron chi connectivity index (χ2n) is 8.75. The molecule has 0 N–H and O–H groups in total. The van der Waals surface area contributed by atoms with Crippen molar-refractivity contribution in [1.29, 1.82) is 0 Å². The number of carbonyl (C=O) groups excluding carboxylic acids is 1. The maximum absolute atomic E-state index is 12.6. The van der Waals surface area contributed by atoms with Gasteiger partial charge in [0.05, 0.1) is 13.2 Å². The highest BCUT2D eigenvalue weighted by Crippen LogP contribution is 2.24. The highest BCUT2D eigenvalue weighted by molar-refractivity contribution is 5.77. The molecule has 0 aromatic heterocycles. The number of ether oxygens (including phenoxy) is 1. The van der Waals surface area contributed by atoms with Crippen LogP contribution < -0.4 is 4.74 Å². The number of hydrogen-bond donors (Lipinski definition) is 0. The van der Waals surface area contributed by atoms with Crippen molar-refractivity contribution in [3.63, 3.8) is 0 Å². The van der Waals surface area contributed by atoms with Crippen LogP contribution in [-0.4, -0.2) is 24.0 Å². The number of hydrogen-bond acceptors (Lipinski definition) is 2. The molecule has 1 heterocycles. The van der Waals surface area contributed by atoms with Crippen molar-refractivity contribution in [2.24, 2.45) is 0 Å². The van der Waals surface area contributed by atoms with E-state index in [1.807, 2.05) is 12.1 Å². The summed E-state index contributed by atoms with van der Waals surface area (Å²) in [4.78, 5) is 14.7. The first-order valence-corrected chi connectivity index (χ1v) is 11.3. The summed E-state index contributed by atoms with van der Waals surface area (Å²) in [7, 11) is 1.67. The molecule has 1 aromatic rings. The molecule has 1 atom stereocenters. The first-order chi connectivity index (χ1) is 14.4. The minimum Gasteiger partial charge on any atom is -0.497 e. The molecule has 3 nitrogen and oxygen atoms in total. The number of nitrogens with zero attached hydrogens (tertiary/aromatic N) is 1. The van der Waals surface area contributed by atoms with Gasteiger partial charge in [-0.05, 0) is 83.9 Å². The zero-order valence-corrected chi connectivity index (χ0v) is 19.5. The topological polar surface area (TPSA) is 29.5 Å². The minimum absolute atomic E-state index is 0.205. The lowest BCUT2D eigenvalue weighted by Crippen LogP contribution is -2.42. The van der Waals surface area contributed by atoms with Gasteiger partial charge < -0.3 is 9.64 Å². The summed E-state index contributed by atoms with van der Waals surface area (Å²) < 4.78 is 5.24. The minimum atomic E-state index is 0.205. The highest BCUT2D eigenvalue weighted by atomic mass is 16.5. The van der Waals surface area contributed by atoms with Crippen LogP contribution in [0.15, 0.2) is 59.2 Å². The Bertz CT molecular complexity index is 767. The molecular formula is C27H39NO2. The number of piperidine rings is 1. The number of amides is 1. The number of likely N-dealkylation sites (tertiary alicyclic amines) is 1. The van der Waals surface area contributed by atoms with Crippen LogP contribution in [0, 0.1) is 0 Å². The van der Waals surface area contributed by atoms with E-state index in [0.717, 1.165) is 49.8 Å². The third kappa shape index (κ3) is 8.22. The smallest absolute Gasteiger partial charge is 0.223 e. The molecule has 1 amide bonds. The summed E-state index contributed by atoms with van der Waals surface area (Å²) >= 11 is 0. The summed E-state index contributed by atoms with van der Waals surface area (Å²) in [6.45, 7) is 9.41. The van der Waals surface area contributed by atoms with Crippen LogP contribution in [0.3, 0.4) is 0 Å². The highest BCUT2D eigenvalue weighted by Gasteiger charge is 2.26. The molecule has 0 spiro atoms. The Morgan fingerprint density at radius 1 is 1.03 bits per heavy atom. The maximum atomic E-state index is 12.6.